The number of halogens is 2. The first kappa shape index (κ1) is 25.9. The second-order valence-corrected chi connectivity index (χ2v) is 10.7. The molecule has 1 aliphatic heterocycles. The smallest absolute Gasteiger partial charge is 0.268 e. The number of rotatable bonds is 8. The molecule has 1 aliphatic rings. The van der Waals surface area contributed by atoms with Crippen LogP contribution < -0.4 is 19.1 Å². The van der Waals surface area contributed by atoms with Crippen molar-refractivity contribution < 1.29 is 22.7 Å². The van der Waals surface area contributed by atoms with Crippen LogP contribution in [-0.2, 0) is 27.8 Å². The van der Waals surface area contributed by atoms with E-state index in [-0.39, 0.29) is 28.8 Å². The van der Waals surface area contributed by atoms with Crippen molar-refractivity contribution >= 4 is 50.9 Å². The lowest BCUT2D eigenvalue weighted by atomic mass is 10.2. The lowest BCUT2D eigenvalue weighted by Crippen LogP contribution is -2.29. The Labute approximate surface area is 220 Å². The van der Waals surface area contributed by atoms with Crippen LogP contribution in [0.2, 0.25) is 10.0 Å². The van der Waals surface area contributed by atoms with E-state index in [4.69, 9.17) is 32.7 Å². The summed E-state index contributed by atoms with van der Waals surface area (Å²) in [6, 6.07) is 15.5. The molecule has 1 amide bonds. The first-order chi connectivity index (χ1) is 17.2. The van der Waals surface area contributed by atoms with Crippen molar-refractivity contribution in [1.82, 2.24) is 5.32 Å². The van der Waals surface area contributed by atoms with Crippen LogP contribution >= 0.6 is 23.2 Å². The van der Waals surface area contributed by atoms with Gasteiger partial charge in [-0.3, -0.25) is 9.10 Å². The zero-order chi connectivity index (χ0) is 25.9. The standard InChI is InChI=1S/C26H24Cl2N2O5S/c1-34-23-13-17(7-10-25(31)29-16-19-8-9-20(27)15-21(19)28)14-24(26(23)35-2)36(32,33)30-12-11-18-5-3-4-6-22(18)30/h3-10,13-15H,11-12,16H2,1-2H3,(H,29,31). The van der Waals surface area contributed by atoms with E-state index in [0.717, 1.165) is 5.56 Å². The number of ether oxygens (including phenoxy) is 2. The number of amides is 1. The van der Waals surface area contributed by atoms with Gasteiger partial charge >= 0.3 is 0 Å². The molecule has 0 bridgehead atoms. The predicted octanol–water partition coefficient (Wildman–Crippen LogP) is 5.09. The van der Waals surface area contributed by atoms with E-state index in [1.807, 2.05) is 12.1 Å². The van der Waals surface area contributed by atoms with Gasteiger partial charge in [-0.15, -0.1) is 0 Å². The highest BCUT2D eigenvalue weighted by molar-refractivity contribution is 7.93. The van der Waals surface area contributed by atoms with Crippen LogP contribution in [0.25, 0.3) is 6.08 Å². The Balaban J connectivity index is 1.61. The highest BCUT2D eigenvalue weighted by atomic mass is 35.5. The molecule has 1 heterocycles. The number of fused-ring (bicyclic) bond motifs is 1. The zero-order valence-corrected chi connectivity index (χ0v) is 22.0. The van der Waals surface area contributed by atoms with Crippen LogP contribution in [0.3, 0.4) is 0 Å². The fourth-order valence-electron chi connectivity index (χ4n) is 3.99. The third-order valence-electron chi connectivity index (χ3n) is 5.78. The molecule has 10 heteroatoms. The maximum atomic E-state index is 13.7. The summed E-state index contributed by atoms with van der Waals surface area (Å²) in [5.41, 5.74) is 2.77. The average Bonchev–Trinajstić information content (AvgIpc) is 3.31. The Hall–Kier alpha value is -3.20. The molecule has 36 heavy (non-hydrogen) atoms. The predicted molar refractivity (Wildman–Crippen MR) is 142 cm³/mol. The molecule has 0 aliphatic carbocycles. The summed E-state index contributed by atoms with van der Waals surface area (Å²) in [5, 5.41) is 3.70. The molecular weight excluding hydrogens is 523 g/mol. The minimum atomic E-state index is -3.97. The van der Waals surface area contributed by atoms with E-state index in [1.54, 1.807) is 36.4 Å². The van der Waals surface area contributed by atoms with Gasteiger partial charge in [0, 0.05) is 29.2 Å². The van der Waals surface area contributed by atoms with Crippen molar-refractivity contribution in [3.63, 3.8) is 0 Å². The van der Waals surface area contributed by atoms with E-state index in [0.29, 0.717) is 39.8 Å². The third-order valence-corrected chi connectivity index (χ3v) is 8.18. The second kappa shape index (κ2) is 10.8. The van der Waals surface area contributed by atoms with Crippen molar-refractivity contribution in [2.45, 2.75) is 17.9 Å². The van der Waals surface area contributed by atoms with Gasteiger partial charge in [0.15, 0.2) is 11.5 Å². The fraction of sp³-hybridized carbons (Fsp3) is 0.192. The van der Waals surface area contributed by atoms with Crippen LogP contribution in [0, 0.1) is 0 Å². The lowest BCUT2D eigenvalue weighted by molar-refractivity contribution is -0.116. The summed E-state index contributed by atoms with van der Waals surface area (Å²) < 4.78 is 39.6. The number of carbonyl (C=O) groups is 1. The molecule has 0 fully saturated rings. The summed E-state index contributed by atoms with van der Waals surface area (Å²) >= 11 is 12.1. The third kappa shape index (κ3) is 5.31. The van der Waals surface area contributed by atoms with Crippen molar-refractivity contribution in [2.75, 3.05) is 25.1 Å². The molecule has 0 saturated heterocycles. The quantitative estimate of drug-likeness (QED) is 0.397. The van der Waals surface area contributed by atoms with Gasteiger partial charge in [-0.25, -0.2) is 8.42 Å². The zero-order valence-electron chi connectivity index (χ0n) is 19.6. The summed E-state index contributed by atoms with van der Waals surface area (Å²) in [5.74, 6) is -0.0476. The Kier molecular flexibility index (Phi) is 7.78. The summed E-state index contributed by atoms with van der Waals surface area (Å²) in [7, 11) is -1.16. The minimum absolute atomic E-state index is 0.0472. The summed E-state index contributed by atoms with van der Waals surface area (Å²) in [6.45, 7) is 0.530. The van der Waals surface area contributed by atoms with Crippen LogP contribution in [-0.4, -0.2) is 35.1 Å². The monoisotopic (exact) mass is 546 g/mol. The fourth-order valence-corrected chi connectivity index (χ4v) is 6.18. The SMILES string of the molecule is COc1cc(C=CC(=O)NCc2ccc(Cl)cc2Cl)cc(S(=O)(=O)N2CCc3ccccc32)c1OC. The largest absolute Gasteiger partial charge is 0.493 e. The number of nitrogens with one attached hydrogen (secondary N) is 1. The Morgan fingerprint density at radius 2 is 1.86 bits per heavy atom. The van der Waals surface area contributed by atoms with Gasteiger partial charge in [0.2, 0.25) is 5.91 Å². The number of nitrogens with zero attached hydrogens (tertiary/aromatic N) is 1. The van der Waals surface area contributed by atoms with Crippen molar-refractivity contribution in [3.05, 3.63) is 87.4 Å². The summed E-state index contributed by atoms with van der Waals surface area (Å²) in [4.78, 5) is 12.4. The van der Waals surface area contributed by atoms with E-state index < -0.39 is 10.0 Å². The molecule has 7 nitrogen and oxygen atoms in total. The van der Waals surface area contributed by atoms with Crippen molar-refractivity contribution in [1.29, 1.82) is 0 Å². The maximum absolute atomic E-state index is 13.7. The summed E-state index contributed by atoms with van der Waals surface area (Å²) in [6.07, 6.45) is 3.44. The maximum Gasteiger partial charge on any atom is 0.268 e. The van der Waals surface area contributed by atoms with E-state index in [2.05, 4.69) is 5.32 Å². The van der Waals surface area contributed by atoms with Crippen LogP contribution in [0.15, 0.2) is 65.6 Å². The molecule has 0 unspecified atom stereocenters. The Morgan fingerprint density at radius 1 is 1.08 bits per heavy atom. The van der Waals surface area contributed by atoms with Gasteiger partial charge in [0.1, 0.15) is 4.90 Å². The first-order valence-corrected chi connectivity index (χ1v) is 13.2. The molecule has 3 aromatic rings. The van der Waals surface area contributed by atoms with Crippen LogP contribution in [0.1, 0.15) is 16.7 Å². The van der Waals surface area contributed by atoms with Gasteiger partial charge in [-0.1, -0.05) is 47.5 Å². The topological polar surface area (TPSA) is 84.9 Å². The number of sulfonamides is 1. The first-order valence-electron chi connectivity index (χ1n) is 11.0. The molecule has 1 N–H and O–H groups in total. The average molecular weight is 547 g/mol. The molecule has 0 radical (unpaired) electrons. The number of hydrogen-bond acceptors (Lipinski definition) is 5. The number of para-hydroxylation sites is 1. The van der Waals surface area contributed by atoms with Crippen LogP contribution in [0.4, 0.5) is 5.69 Å². The molecular formula is C26H24Cl2N2O5S. The van der Waals surface area contributed by atoms with Crippen molar-refractivity contribution in [2.24, 2.45) is 0 Å². The van der Waals surface area contributed by atoms with Gasteiger partial charge < -0.3 is 14.8 Å². The normalized spacial score (nSPS) is 13.1. The number of hydrogen-bond donors (Lipinski definition) is 1. The highest BCUT2D eigenvalue weighted by Gasteiger charge is 2.34. The van der Waals surface area contributed by atoms with Gasteiger partial charge in [-0.05, 0) is 59.5 Å². The lowest BCUT2D eigenvalue weighted by Gasteiger charge is -2.22. The number of anilines is 1. The van der Waals surface area contributed by atoms with Crippen molar-refractivity contribution in [3.8, 4) is 11.5 Å². The molecule has 3 aromatic carbocycles. The molecule has 0 aromatic heterocycles. The van der Waals surface area contributed by atoms with E-state index in [9.17, 15) is 13.2 Å². The molecule has 188 valence electrons. The molecule has 0 saturated carbocycles. The van der Waals surface area contributed by atoms with Gasteiger partial charge in [0.25, 0.3) is 10.0 Å². The second-order valence-electron chi connectivity index (χ2n) is 8.00. The molecule has 0 atom stereocenters. The number of benzene rings is 3. The Morgan fingerprint density at radius 3 is 2.58 bits per heavy atom. The van der Waals surface area contributed by atoms with E-state index in [1.165, 1.54) is 36.7 Å². The van der Waals surface area contributed by atoms with Gasteiger partial charge in [-0.2, -0.15) is 0 Å². The minimum Gasteiger partial charge on any atom is -0.493 e. The molecule has 0 spiro atoms. The molecule has 4 rings (SSSR count). The van der Waals surface area contributed by atoms with Gasteiger partial charge in [0.05, 0.1) is 19.9 Å². The van der Waals surface area contributed by atoms with E-state index >= 15 is 0 Å². The highest BCUT2D eigenvalue weighted by Crippen LogP contribution is 2.40. The Bertz CT molecular complexity index is 1440. The van der Waals surface area contributed by atoms with Crippen LogP contribution in [0.5, 0.6) is 11.5 Å². The number of carbonyl (C=O) groups excluding carboxylic acids is 1. The number of methoxy groups -OCH3 is 2.